The van der Waals surface area contributed by atoms with Crippen LogP contribution < -0.4 is 17.7 Å². The van der Waals surface area contributed by atoms with Gasteiger partial charge in [0.15, 0.2) is 9.84 Å². The average molecular weight is 280 g/mol. The molecule has 0 radical (unpaired) electrons. The van der Waals surface area contributed by atoms with Crippen LogP contribution in [0.3, 0.4) is 0 Å². The highest BCUT2D eigenvalue weighted by atomic mass is 35.5. The Hall–Kier alpha value is -0.820. The lowest BCUT2D eigenvalue weighted by Crippen LogP contribution is -3.00. The van der Waals surface area contributed by atoms with E-state index in [1.807, 2.05) is 0 Å². The van der Waals surface area contributed by atoms with Crippen molar-refractivity contribution in [2.75, 3.05) is 11.5 Å². The van der Waals surface area contributed by atoms with Crippen molar-refractivity contribution >= 4 is 15.5 Å². The van der Waals surface area contributed by atoms with E-state index in [9.17, 15) is 18.6 Å². The number of phenols is 1. The molecule has 2 atom stereocenters. The lowest BCUT2D eigenvalue weighted by Gasteiger charge is -2.10. The Morgan fingerprint density at radius 2 is 2.00 bits per heavy atom. The van der Waals surface area contributed by atoms with Gasteiger partial charge in [0.25, 0.3) is 0 Å². The van der Waals surface area contributed by atoms with Gasteiger partial charge in [0.05, 0.1) is 5.75 Å². The minimum absolute atomic E-state index is 0. The molecule has 2 rings (SSSR count). The first-order valence-electron chi connectivity index (χ1n) is 4.99. The lowest BCUT2D eigenvalue weighted by molar-refractivity contribution is -0.613. The molecule has 7 heteroatoms. The molecule has 1 saturated heterocycles. The van der Waals surface area contributed by atoms with Crippen molar-refractivity contribution in [2.24, 2.45) is 0 Å². The summed E-state index contributed by atoms with van der Waals surface area (Å²) in [6, 6.07) is 6.14. The molecule has 1 fully saturated rings. The molecule has 1 aromatic rings. The van der Waals surface area contributed by atoms with E-state index in [0.29, 0.717) is 0 Å². The molecule has 5 nitrogen and oxygen atoms in total. The first-order chi connectivity index (χ1) is 7.46. The van der Waals surface area contributed by atoms with Crippen LogP contribution in [-0.4, -0.2) is 42.3 Å². The number of aliphatic hydroxyl groups excluding tert-OH is 1. The molecular weight excluding hydrogens is 266 g/mol. The first-order valence-corrected chi connectivity index (χ1v) is 6.81. The van der Waals surface area contributed by atoms with Crippen LogP contribution >= 0.6 is 0 Å². The third-order valence-corrected chi connectivity index (χ3v) is 4.38. The molecule has 1 aromatic carbocycles. The Morgan fingerprint density at radius 1 is 1.29 bits per heavy atom. The number of aromatic hydroxyl groups is 1. The van der Waals surface area contributed by atoms with E-state index < -0.39 is 15.9 Å². The molecule has 1 heterocycles. The van der Waals surface area contributed by atoms with Crippen LogP contribution in [0, 0.1) is 0 Å². The van der Waals surface area contributed by atoms with Crippen molar-refractivity contribution in [2.45, 2.75) is 12.1 Å². The van der Waals surface area contributed by atoms with Gasteiger partial charge in [-0.15, -0.1) is 0 Å². The summed E-state index contributed by atoms with van der Waals surface area (Å²) in [5.41, 5.74) is 0.723. The summed E-state index contributed by atoms with van der Waals surface area (Å²) >= 11 is 0. The third kappa shape index (κ3) is 3.57. The third-order valence-electron chi connectivity index (χ3n) is 2.64. The number of rotatable bonds is 2. The topological polar surface area (TPSA) is 91.2 Å². The van der Waals surface area contributed by atoms with Crippen LogP contribution in [0.25, 0.3) is 0 Å². The van der Waals surface area contributed by atoms with E-state index in [1.165, 1.54) is 6.07 Å². The van der Waals surface area contributed by atoms with E-state index in [0.717, 1.165) is 5.69 Å². The Bertz CT molecular complexity index is 491. The molecule has 96 valence electrons. The van der Waals surface area contributed by atoms with Crippen molar-refractivity contribution in [1.29, 1.82) is 0 Å². The molecule has 0 saturated carbocycles. The summed E-state index contributed by atoms with van der Waals surface area (Å²) in [6.07, 6.45) is -0.840. The number of nitrogens with two attached hydrogens (primary N) is 1. The van der Waals surface area contributed by atoms with E-state index in [-0.39, 0.29) is 35.7 Å². The highest BCUT2D eigenvalue weighted by Gasteiger charge is 2.39. The number of hydrogen-bond donors (Lipinski definition) is 3. The van der Waals surface area contributed by atoms with Gasteiger partial charge in [-0.3, -0.25) is 0 Å². The SMILES string of the molecule is O=S1(=O)C[C@@H](O)[C@@H]([NH2+]c2cccc(O)c2)C1.[Cl-]. The molecule has 1 aliphatic heterocycles. The minimum atomic E-state index is -3.12. The van der Waals surface area contributed by atoms with E-state index in [1.54, 1.807) is 23.5 Å². The average Bonchev–Trinajstić information content (AvgIpc) is 2.39. The van der Waals surface area contributed by atoms with Crippen molar-refractivity contribution in [3.63, 3.8) is 0 Å². The fraction of sp³-hybridized carbons (Fsp3) is 0.400. The van der Waals surface area contributed by atoms with Gasteiger partial charge in [0.2, 0.25) is 0 Å². The van der Waals surface area contributed by atoms with Gasteiger partial charge in [-0.1, -0.05) is 6.07 Å². The number of halogens is 1. The van der Waals surface area contributed by atoms with Gasteiger partial charge in [0, 0.05) is 6.07 Å². The molecule has 1 aliphatic rings. The molecule has 0 spiro atoms. The fourth-order valence-electron chi connectivity index (χ4n) is 1.89. The van der Waals surface area contributed by atoms with Gasteiger partial charge >= 0.3 is 0 Å². The molecule has 0 unspecified atom stereocenters. The van der Waals surface area contributed by atoms with Crippen LogP contribution in [0.5, 0.6) is 5.75 Å². The zero-order valence-electron chi connectivity index (χ0n) is 8.95. The highest BCUT2D eigenvalue weighted by Crippen LogP contribution is 2.14. The molecule has 0 bridgehead atoms. The number of hydrogen-bond acceptors (Lipinski definition) is 4. The maximum Gasteiger partial charge on any atom is 0.159 e. The van der Waals surface area contributed by atoms with Crippen LogP contribution in [0.2, 0.25) is 0 Å². The van der Waals surface area contributed by atoms with Crippen molar-refractivity contribution in [3.8, 4) is 5.75 Å². The predicted molar refractivity (Wildman–Crippen MR) is 58.1 cm³/mol. The Balaban J connectivity index is 0.00000144. The second kappa shape index (κ2) is 5.22. The van der Waals surface area contributed by atoms with Crippen molar-refractivity contribution in [3.05, 3.63) is 24.3 Å². The van der Waals surface area contributed by atoms with Gasteiger partial charge < -0.3 is 27.9 Å². The van der Waals surface area contributed by atoms with Gasteiger partial charge in [-0.2, -0.15) is 0 Å². The molecular formula is C10H14ClNO4S. The van der Waals surface area contributed by atoms with Crippen molar-refractivity contribution < 1.29 is 36.4 Å². The molecule has 0 aliphatic carbocycles. The predicted octanol–water partition coefficient (Wildman–Crippen LogP) is -4.25. The quantitative estimate of drug-likeness (QED) is 0.478. The summed E-state index contributed by atoms with van der Waals surface area (Å²) in [5.74, 6) is -0.0688. The largest absolute Gasteiger partial charge is 1.00 e. The zero-order chi connectivity index (χ0) is 11.8. The second-order valence-electron chi connectivity index (χ2n) is 4.07. The highest BCUT2D eigenvalue weighted by molar-refractivity contribution is 7.91. The van der Waals surface area contributed by atoms with Crippen LogP contribution in [0.15, 0.2) is 24.3 Å². The van der Waals surface area contributed by atoms with Gasteiger partial charge in [-0.05, 0) is 12.1 Å². The van der Waals surface area contributed by atoms with E-state index >= 15 is 0 Å². The van der Waals surface area contributed by atoms with E-state index in [2.05, 4.69) is 0 Å². The maximum atomic E-state index is 11.3. The lowest BCUT2D eigenvalue weighted by atomic mass is 10.2. The summed E-state index contributed by atoms with van der Waals surface area (Å²) in [4.78, 5) is 0. The number of sulfone groups is 1. The molecule has 17 heavy (non-hydrogen) atoms. The monoisotopic (exact) mass is 279 g/mol. The number of benzene rings is 1. The van der Waals surface area contributed by atoms with Crippen LogP contribution in [0.4, 0.5) is 5.69 Å². The first kappa shape index (κ1) is 14.2. The smallest absolute Gasteiger partial charge is 0.159 e. The maximum absolute atomic E-state index is 11.3. The zero-order valence-corrected chi connectivity index (χ0v) is 10.5. The summed E-state index contributed by atoms with van der Waals surface area (Å²) in [5, 5.41) is 20.5. The Kier molecular flexibility index (Phi) is 4.37. The summed E-state index contributed by atoms with van der Waals surface area (Å²) in [6.45, 7) is 0. The van der Waals surface area contributed by atoms with Crippen LogP contribution in [-0.2, 0) is 9.84 Å². The summed E-state index contributed by atoms with van der Waals surface area (Å²) < 4.78 is 22.6. The number of aliphatic hydroxyl groups is 1. The van der Waals surface area contributed by atoms with Crippen molar-refractivity contribution in [1.82, 2.24) is 0 Å². The number of quaternary nitrogens is 1. The summed E-state index contributed by atoms with van der Waals surface area (Å²) in [7, 11) is -3.12. The second-order valence-corrected chi connectivity index (χ2v) is 6.22. The standard InChI is InChI=1S/C10H13NO4S.ClH/c12-8-3-1-2-7(4-8)11-9-5-16(14,15)6-10(9)13;/h1-4,9-13H,5-6H2;1H/t9-,10+;/m0./s1. The normalized spacial score (nSPS) is 26.4. The minimum Gasteiger partial charge on any atom is -1.00 e. The van der Waals surface area contributed by atoms with Gasteiger partial charge in [0.1, 0.15) is 29.3 Å². The van der Waals surface area contributed by atoms with Gasteiger partial charge in [-0.25, -0.2) is 8.42 Å². The van der Waals surface area contributed by atoms with Crippen LogP contribution in [0.1, 0.15) is 0 Å². The Labute approximate surface area is 106 Å². The number of phenolic OH excluding ortho intramolecular Hbond substituents is 1. The fourth-order valence-corrected chi connectivity index (χ4v) is 3.70. The molecule has 0 aromatic heterocycles. The van der Waals surface area contributed by atoms with E-state index in [4.69, 9.17) is 0 Å². The molecule has 4 N–H and O–H groups in total. The molecule has 0 amide bonds. The Morgan fingerprint density at radius 3 is 2.53 bits per heavy atom.